The number of nitro benzene ring substituents is 1. The fourth-order valence-electron chi connectivity index (χ4n) is 2.46. The molecule has 1 aliphatic rings. The maximum absolute atomic E-state index is 13.6. The largest absolute Gasteiger partial charge is 0.324 e. The maximum atomic E-state index is 13.6. The van der Waals surface area contributed by atoms with E-state index in [0.29, 0.717) is 18.9 Å². The highest BCUT2D eigenvalue weighted by atomic mass is 32.2. The van der Waals surface area contributed by atoms with Gasteiger partial charge in [0.05, 0.1) is 4.92 Å². The van der Waals surface area contributed by atoms with Crippen LogP contribution >= 0.6 is 0 Å². The van der Waals surface area contributed by atoms with E-state index in [0.717, 1.165) is 12.1 Å². The number of hydrogen-bond acceptors (Lipinski definition) is 4. The first-order valence-electron chi connectivity index (χ1n) is 6.68. The van der Waals surface area contributed by atoms with Gasteiger partial charge in [-0.1, -0.05) is 19.9 Å². The molecule has 2 atom stereocenters. The molecule has 0 amide bonds. The van der Waals surface area contributed by atoms with Gasteiger partial charge in [-0.2, -0.15) is 8.70 Å². The number of rotatable bonds is 3. The van der Waals surface area contributed by atoms with Gasteiger partial charge >= 0.3 is 5.69 Å². The Labute approximate surface area is 122 Å². The van der Waals surface area contributed by atoms with Crippen molar-refractivity contribution < 1.29 is 17.7 Å². The summed E-state index contributed by atoms with van der Waals surface area (Å²) in [5.74, 6) is -0.598. The number of nitrogens with zero attached hydrogens (tertiary/aromatic N) is 2. The summed E-state index contributed by atoms with van der Waals surface area (Å²) < 4.78 is 40.0. The van der Waals surface area contributed by atoms with Gasteiger partial charge in [-0.15, -0.1) is 0 Å². The number of para-hydroxylation sites is 1. The lowest BCUT2D eigenvalue weighted by Crippen LogP contribution is -2.42. The van der Waals surface area contributed by atoms with Crippen LogP contribution in [0, 0.1) is 27.8 Å². The maximum Gasteiger partial charge on any atom is 0.324 e. The lowest BCUT2D eigenvalue weighted by atomic mass is 9.90. The normalized spacial score (nSPS) is 24.0. The molecule has 0 spiro atoms. The molecule has 0 bridgehead atoms. The molecular formula is C13H17FN2O4S. The molecule has 8 heteroatoms. The fourth-order valence-corrected chi connectivity index (χ4v) is 4.19. The van der Waals surface area contributed by atoms with Crippen molar-refractivity contribution in [2.24, 2.45) is 11.8 Å². The van der Waals surface area contributed by atoms with E-state index in [9.17, 15) is 22.9 Å². The van der Waals surface area contributed by atoms with E-state index in [1.807, 2.05) is 13.8 Å². The van der Waals surface area contributed by atoms with Gasteiger partial charge in [0.2, 0.25) is 15.8 Å². The van der Waals surface area contributed by atoms with Crippen molar-refractivity contribution in [1.29, 1.82) is 0 Å². The average molecular weight is 316 g/mol. The van der Waals surface area contributed by atoms with E-state index >= 15 is 0 Å². The molecule has 0 N–H and O–H groups in total. The Hall–Kier alpha value is -1.54. The minimum atomic E-state index is -4.06. The molecule has 1 aliphatic heterocycles. The van der Waals surface area contributed by atoms with Crippen LogP contribution in [-0.4, -0.2) is 30.7 Å². The third-order valence-electron chi connectivity index (χ3n) is 4.05. The summed E-state index contributed by atoms with van der Waals surface area (Å²) in [4.78, 5) is 9.41. The van der Waals surface area contributed by atoms with Crippen molar-refractivity contribution in [1.82, 2.24) is 4.31 Å². The highest BCUT2D eigenvalue weighted by Crippen LogP contribution is 2.32. The van der Waals surface area contributed by atoms with Gasteiger partial charge in [0.1, 0.15) is 0 Å². The van der Waals surface area contributed by atoms with E-state index in [-0.39, 0.29) is 12.5 Å². The zero-order chi connectivity index (χ0) is 15.8. The summed E-state index contributed by atoms with van der Waals surface area (Å²) in [5, 5.41) is 11.0. The van der Waals surface area contributed by atoms with Crippen LogP contribution in [0.2, 0.25) is 0 Å². The molecule has 1 aromatic carbocycles. The van der Waals surface area contributed by atoms with Gasteiger partial charge in [-0.3, -0.25) is 10.1 Å². The van der Waals surface area contributed by atoms with Gasteiger partial charge in [-0.25, -0.2) is 8.42 Å². The van der Waals surface area contributed by atoms with E-state index in [4.69, 9.17) is 0 Å². The summed E-state index contributed by atoms with van der Waals surface area (Å²) in [7, 11) is -4.06. The Balaban J connectivity index is 2.46. The first kappa shape index (κ1) is 15.8. The van der Waals surface area contributed by atoms with Crippen LogP contribution in [0.15, 0.2) is 23.1 Å². The molecular weight excluding hydrogens is 299 g/mol. The van der Waals surface area contributed by atoms with Crippen molar-refractivity contribution >= 4 is 15.7 Å². The SMILES string of the molecule is CC1CCN(S(=O)(=O)c2cccc(F)c2[N+](=O)[O-])CC1C. The van der Waals surface area contributed by atoms with Crippen LogP contribution in [0.25, 0.3) is 0 Å². The second-order valence-corrected chi connectivity index (χ2v) is 7.36. The van der Waals surface area contributed by atoms with E-state index in [2.05, 4.69) is 0 Å². The zero-order valence-electron chi connectivity index (χ0n) is 11.8. The second kappa shape index (κ2) is 5.69. The fraction of sp³-hybridized carbons (Fsp3) is 0.538. The first-order valence-corrected chi connectivity index (χ1v) is 8.12. The molecule has 1 aromatic rings. The topological polar surface area (TPSA) is 80.5 Å². The third-order valence-corrected chi connectivity index (χ3v) is 5.94. The van der Waals surface area contributed by atoms with Crippen LogP contribution in [0.3, 0.4) is 0 Å². The van der Waals surface area contributed by atoms with Gasteiger partial charge in [0, 0.05) is 13.1 Å². The van der Waals surface area contributed by atoms with Gasteiger partial charge in [0.15, 0.2) is 4.90 Å². The number of halogens is 1. The van der Waals surface area contributed by atoms with Crippen molar-refractivity contribution in [3.8, 4) is 0 Å². The quantitative estimate of drug-likeness (QED) is 0.633. The zero-order valence-corrected chi connectivity index (χ0v) is 12.6. The van der Waals surface area contributed by atoms with Crippen LogP contribution in [0.4, 0.5) is 10.1 Å². The number of sulfonamides is 1. The van der Waals surface area contributed by atoms with Crippen LogP contribution < -0.4 is 0 Å². The molecule has 1 heterocycles. The predicted octanol–water partition coefficient (Wildman–Crippen LogP) is 2.40. The standard InChI is InChI=1S/C13H17FN2O4S/c1-9-6-7-15(8-10(9)2)21(19,20)12-5-3-4-11(14)13(12)16(17)18/h3-5,9-10H,6-8H2,1-2H3. The molecule has 21 heavy (non-hydrogen) atoms. The van der Waals surface area contributed by atoms with Crippen molar-refractivity contribution in [2.75, 3.05) is 13.1 Å². The molecule has 0 aromatic heterocycles. The molecule has 0 saturated carbocycles. The molecule has 6 nitrogen and oxygen atoms in total. The minimum absolute atomic E-state index is 0.154. The second-order valence-electron chi connectivity index (χ2n) is 5.45. The number of benzene rings is 1. The summed E-state index contributed by atoms with van der Waals surface area (Å²) in [5.41, 5.74) is -0.983. The van der Waals surface area contributed by atoms with Gasteiger partial charge < -0.3 is 0 Å². The minimum Gasteiger partial charge on any atom is -0.258 e. The van der Waals surface area contributed by atoms with E-state index in [1.165, 1.54) is 10.4 Å². The van der Waals surface area contributed by atoms with Crippen LogP contribution in [0.1, 0.15) is 20.3 Å². The molecule has 1 saturated heterocycles. The van der Waals surface area contributed by atoms with Crippen molar-refractivity contribution in [2.45, 2.75) is 25.2 Å². The molecule has 0 aliphatic carbocycles. The third kappa shape index (κ3) is 2.91. The van der Waals surface area contributed by atoms with Crippen molar-refractivity contribution in [3.63, 3.8) is 0 Å². The van der Waals surface area contributed by atoms with Crippen LogP contribution in [0.5, 0.6) is 0 Å². The summed E-state index contributed by atoms with van der Waals surface area (Å²) in [6.07, 6.45) is 0.684. The first-order chi connectivity index (χ1) is 9.75. The molecule has 1 fully saturated rings. The van der Waals surface area contributed by atoms with Crippen LogP contribution in [-0.2, 0) is 10.0 Å². The molecule has 0 radical (unpaired) electrons. The lowest BCUT2D eigenvalue weighted by molar-refractivity contribution is -0.390. The average Bonchev–Trinajstić information content (AvgIpc) is 2.41. The summed E-state index contributed by atoms with van der Waals surface area (Å²) in [6.45, 7) is 4.56. The Morgan fingerprint density at radius 2 is 2.00 bits per heavy atom. The highest BCUT2D eigenvalue weighted by molar-refractivity contribution is 7.89. The smallest absolute Gasteiger partial charge is 0.258 e. The van der Waals surface area contributed by atoms with Gasteiger partial charge in [-0.05, 0) is 30.4 Å². The van der Waals surface area contributed by atoms with Gasteiger partial charge in [0.25, 0.3) is 0 Å². The summed E-state index contributed by atoms with van der Waals surface area (Å²) >= 11 is 0. The molecule has 116 valence electrons. The lowest BCUT2D eigenvalue weighted by Gasteiger charge is -2.34. The number of nitro groups is 1. The Morgan fingerprint density at radius 1 is 1.33 bits per heavy atom. The monoisotopic (exact) mass is 316 g/mol. The van der Waals surface area contributed by atoms with E-state index in [1.54, 1.807) is 0 Å². The Kier molecular flexibility index (Phi) is 4.29. The number of hydrogen-bond donors (Lipinski definition) is 0. The Morgan fingerprint density at radius 3 is 2.57 bits per heavy atom. The molecule has 2 unspecified atom stereocenters. The number of piperidine rings is 1. The summed E-state index contributed by atoms with van der Waals surface area (Å²) in [6, 6.07) is 3.14. The predicted molar refractivity (Wildman–Crippen MR) is 74.8 cm³/mol. The highest BCUT2D eigenvalue weighted by Gasteiger charge is 2.37. The van der Waals surface area contributed by atoms with E-state index < -0.39 is 31.3 Å². The van der Waals surface area contributed by atoms with Crippen molar-refractivity contribution in [3.05, 3.63) is 34.1 Å². The molecule has 2 rings (SSSR count). The Bertz CT molecular complexity index is 662.